The number of fused-ring (bicyclic) bond motifs is 1. The molecule has 0 saturated carbocycles. The van der Waals surface area contributed by atoms with Gasteiger partial charge in [-0.05, 0) is 42.5 Å². The number of hydrogen-bond donors (Lipinski definition) is 0. The van der Waals surface area contributed by atoms with Gasteiger partial charge < -0.3 is 14.2 Å². The van der Waals surface area contributed by atoms with Crippen molar-refractivity contribution in [3.8, 4) is 22.9 Å². The number of methoxy groups -OCH3 is 1. The molecule has 6 nitrogen and oxygen atoms in total. The van der Waals surface area contributed by atoms with E-state index in [9.17, 15) is 0 Å². The van der Waals surface area contributed by atoms with Crippen molar-refractivity contribution in [2.75, 3.05) is 13.7 Å². The predicted octanol–water partition coefficient (Wildman–Crippen LogP) is 2.66. The molecule has 3 aromatic rings. The molecule has 0 aliphatic carbocycles. The van der Waals surface area contributed by atoms with E-state index in [0.717, 1.165) is 34.9 Å². The molecule has 1 aromatic heterocycles. The van der Waals surface area contributed by atoms with Gasteiger partial charge in [-0.15, -0.1) is 0 Å². The number of hydrogen-bond acceptors (Lipinski definition) is 5. The summed E-state index contributed by atoms with van der Waals surface area (Å²) in [5.74, 6) is 2.56. The number of rotatable bonds is 5. The maximum absolute atomic E-state index is 5.91. The summed E-state index contributed by atoms with van der Waals surface area (Å²) < 4.78 is 18.7. The zero-order chi connectivity index (χ0) is 16.4. The smallest absolute Gasteiger partial charge is 0.138 e. The second kappa shape index (κ2) is 6.23. The number of ether oxygens (including phenoxy) is 3. The minimum absolute atomic E-state index is 0.0158. The monoisotopic (exact) mass is 323 g/mol. The largest absolute Gasteiger partial charge is 0.497 e. The second-order valence-corrected chi connectivity index (χ2v) is 5.56. The van der Waals surface area contributed by atoms with Gasteiger partial charge in [0.2, 0.25) is 0 Å². The highest BCUT2D eigenvalue weighted by molar-refractivity contribution is 5.43. The van der Waals surface area contributed by atoms with Gasteiger partial charge in [-0.3, -0.25) is 0 Å². The van der Waals surface area contributed by atoms with Crippen LogP contribution in [0.5, 0.6) is 17.2 Å². The molecule has 1 atom stereocenters. The van der Waals surface area contributed by atoms with Gasteiger partial charge in [0.1, 0.15) is 42.6 Å². The number of benzene rings is 2. The molecule has 0 saturated heterocycles. The predicted molar refractivity (Wildman–Crippen MR) is 88.0 cm³/mol. The summed E-state index contributed by atoms with van der Waals surface area (Å²) in [6.07, 6.45) is 4.01. The Hall–Kier alpha value is -3.02. The standard InChI is InChI=1S/C18H17N3O3/c1-22-16-6-7-18-13(8-16)9-17(24-18)10-23-15-4-2-14(3-5-15)21-12-19-11-20-21/h2-8,11-12,17H,9-10H2,1H3. The first-order chi connectivity index (χ1) is 11.8. The van der Waals surface area contributed by atoms with E-state index in [-0.39, 0.29) is 6.10 Å². The van der Waals surface area contributed by atoms with Crippen LogP contribution in [0.4, 0.5) is 0 Å². The zero-order valence-electron chi connectivity index (χ0n) is 13.3. The molecule has 0 spiro atoms. The maximum Gasteiger partial charge on any atom is 0.138 e. The first-order valence-corrected chi connectivity index (χ1v) is 7.73. The van der Waals surface area contributed by atoms with E-state index in [4.69, 9.17) is 14.2 Å². The third-order valence-electron chi connectivity index (χ3n) is 3.96. The van der Waals surface area contributed by atoms with Crippen LogP contribution < -0.4 is 14.2 Å². The molecular formula is C18H17N3O3. The molecule has 0 bridgehead atoms. The van der Waals surface area contributed by atoms with Crippen molar-refractivity contribution < 1.29 is 14.2 Å². The highest BCUT2D eigenvalue weighted by Gasteiger charge is 2.23. The minimum atomic E-state index is 0.0158. The van der Waals surface area contributed by atoms with Crippen molar-refractivity contribution in [3.05, 3.63) is 60.7 Å². The lowest BCUT2D eigenvalue weighted by atomic mass is 10.1. The lowest BCUT2D eigenvalue weighted by molar-refractivity contribution is 0.148. The van der Waals surface area contributed by atoms with Gasteiger partial charge in [0.25, 0.3) is 0 Å². The van der Waals surface area contributed by atoms with Crippen LogP contribution in [0.3, 0.4) is 0 Å². The molecule has 2 aromatic carbocycles. The van der Waals surface area contributed by atoms with Crippen LogP contribution in [0.2, 0.25) is 0 Å². The molecule has 0 fully saturated rings. The maximum atomic E-state index is 5.91. The summed E-state index contributed by atoms with van der Waals surface area (Å²) >= 11 is 0. The van der Waals surface area contributed by atoms with E-state index in [1.54, 1.807) is 18.1 Å². The Labute approximate surface area is 139 Å². The van der Waals surface area contributed by atoms with Crippen LogP contribution in [-0.4, -0.2) is 34.6 Å². The fraction of sp³-hybridized carbons (Fsp3) is 0.222. The number of aromatic nitrogens is 3. The van der Waals surface area contributed by atoms with Crippen molar-refractivity contribution >= 4 is 0 Å². The van der Waals surface area contributed by atoms with Gasteiger partial charge >= 0.3 is 0 Å². The third kappa shape index (κ3) is 2.90. The molecule has 1 aliphatic rings. The van der Waals surface area contributed by atoms with Crippen LogP contribution in [-0.2, 0) is 6.42 Å². The van der Waals surface area contributed by atoms with Crippen LogP contribution in [0.25, 0.3) is 5.69 Å². The van der Waals surface area contributed by atoms with Crippen molar-refractivity contribution in [1.82, 2.24) is 14.8 Å². The Morgan fingerprint density at radius 2 is 2.00 bits per heavy atom. The Morgan fingerprint density at radius 1 is 1.17 bits per heavy atom. The lowest BCUT2D eigenvalue weighted by Gasteiger charge is -2.12. The van der Waals surface area contributed by atoms with Gasteiger partial charge in [-0.1, -0.05) is 0 Å². The van der Waals surface area contributed by atoms with Crippen molar-refractivity contribution in [2.45, 2.75) is 12.5 Å². The van der Waals surface area contributed by atoms with Gasteiger partial charge in [0, 0.05) is 12.0 Å². The van der Waals surface area contributed by atoms with E-state index in [2.05, 4.69) is 10.1 Å². The first-order valence-electron chi connectivity index (χ1n) is 7.73. The fourth-order valence-electron chi connectivity index (χ4n) is 2.74. The molecule has 0 N–H and O–H groups in total. The van der Waals surface area contributed by atoms with Gasteiger partial charge in [0.15, 0.2) is 0 Å². The minimum Gasteiger partial charge on any atom is -0.497 e. The molecule has 122 valence electrons. The molecule has 1 aliphatic heterocycles. The third-order valence-corrected chi connectivity index (χ3v) is 3.96. The molecule has 2 heterocycles. The van der Waals surface area contributed by atoms with E-state index in [1.165, 1.54) is 6.33 Å². The quantitative estimate of drug-likeness (QED) is 0.722. The summed E-state index contributed by atoms with van der Waals surface area (Å²) in [5, 5.41) is 4.10. The van der Waals surface area contributed by atoms with Crippen LogP contribution in [0.15, 0.2) is 55.1 Å². The number of nitrogens with zero attached hydrogens (tertiary/aromatic N) is 3. The Bertz CT molecular complexity index is 816. The van der Waals surface area contributed by atoms with E-state index in [1.807, 2.05) is 42.5 Å². The molecule has 0 radical (unpaired) electrons. The molecule has 1 unspecified atom stereocenters. The average molecular weight is 323 g/mol. The molecule has 4 rings (SSSR count). The van der Waals surface area contributed by atoms with E-state index in [0.29, 0.717) is 6.61 Å². The van der Waals surface area contributed by atoms with E-state index < -0.39 is 0 Å². The van der Waals surface area contributed by atoms with Crippen LogP contribution in [0.1, 0.15) is 5.56 Å². The van der Waals surface area contributed by atoms with Gasteiger partial charge in [-0.25, -0.2) is 9.67 Å². The summed E-state index contributed by atoms with van der Waals surface area (Å²) in [4.78, 5) is 3.94. The highest BCUT2D eigenvalue weighted by Crippen LogP contribution is 2.32. The topological polar surface area (TPSA) is 58.4 Å². The molecular weight excluding hydrogens is 306 g/mol. The Morgan fingerprint density at radius 3 is 2.75 bits per heavy atom. The molecule has 6 heteroatoms. The van der Waals surface area contributed by atoms with E-state index >= 15 is 0 Å². The average Bonchev–Trinajstić information content (AvgIpc) is 3.29. The van der Waals surface area contributed by atoms with Crippen molar-refractivity contribution in [2.24, 2.45) is 0 Å². The summed E-state index contributed by atoms with van der Waals surface area (Å²) in [7, 11) is 1.67. The van der Waals surface area contributed by atoms with Gasteiger partial charge in [0.05, 0.1) is 12.8 Å². The van der Waals surface area contributed by atoms with Gasteiger partial charge in [-0.2, -0.15) is 5.10 Å². The van der Waals surface area contributed by atoms with Crippen molar-refractivity contribution in [3.63, 3.8) is 0 Å². The SMILES string of the molecule is COc1ccc2c(c1)CC(COc1ccc(-n3cncn3)cc1)O2. The Balaban J connectivity index is 1.36. The second-order valence-electron chi connectivity index (χ2n) is 5.56. The zero-order valence-corrected chi connectivity index (χ0v) is 13.3. The summed E-state index contributed by atoms with van der Waals surface area (Å²) in [6.45, 7) is 0.500. The summed E-state index contributed by atoms with van der Waals surface area (Å²) in [6, 6.07) is 13.6. The summed E-state index contributed by atoms with van der Waals surface area (Å²) in [5.41, 5.74) is 2.10. The Kier molecular flexibility index (Phi) is 3.78. The van der Waals surface area contributed by atoms with Crippen LogP contribution >= 0.6 is 0 Å². The first kappa shape index (κ1) is 14.6. The lowest BCUT2D eigenvalue weighted by Crippen LogP contribution is -2.22. The highest BCUT2D eigenvalue weighted by atomic mass is 16.5. The molecule has 0 amide bonds. The van der Waals surface area contributed by atoms with Crippen molar-refractivity contribution in [1.29, 1.82) is 0 Å². The molecule has 24 heavy (non-hydrogen) atoms. The van der Waals surface area contributed by atoms with Crippen LogP contribution in [0, 0.1) is 0 Å². The fourth-order valence-corrected chi connectivity index (χ4v) is 2.74. The normalized spacial score (nSPS) is 15.6.